The van der Waals surface area contributed by atoms with E-state index in [4.69, 9.17) is 0 Å². The zero-order chi connectivity index (χ0) is 9.60. The molecule has 0 bridgehead atoms. The van der Waals surface area contributed by atoms with Crippen molar-refractivity contribution in [2.75, 3.05) is 11.9 Å². The molecule has 0 unspecified atom stereocenters. The molecule has 1 aliphatic carbocycles. The lowest BCUT2D eigenvalue weighted by Crippen LogP contribution is -2.23. The number of aromatic hydroxyl groups is 1. The average molecular weight is 189 g/mol. The van der Waals surface area contributed by atoms with Crippen LogP contribution >= 0.6 is 0 Å². The van der Waals surface area contributed by atoms with E-state index in [1.54, 1.807) is 6.07 Å². The van der Waals surface area contributed by atoms with Gasteiger partial charge in [0.2, 0.25) is 0 Å². The first kappa shape index (κ1) is 8.16. The summed E-state index contributed by atoms with van der Waals surface area (Å²) in [7, 11) is 0. The van der Waals surface area contributed by atoms with Crippen LogP contribution in [-0.4, -0.2) is 11.7 Å². The number of hydrogen-bond donors (Lipinski definition) is 2. The zero-order valence-corrected chi connectivity index (χ0v) is 8.21. The maximum atomic E-state index is 9.51. The SMILES string of the molecule is Oc1ccc2c(c1)C1(CCCC1)CN2. The van der Waals surface area contributed by atoms with E-state index in [-0.39, 0.29) is 0 Å². The van der Waals surface area contributed by atoms with Gasteiger partial charge in [-0.15, -0.1) is 0 Å². The smallest absolute Gasteiger partial charge is 0.116 e. The van der Waals surface area contributed by atoms with Gasteiger partial charge in [0.25, 0.3) is 0 Å². The summed E-state index contributed by atoms with van der Waals surface area (Å²) in [6.07, 6.45) is 5.21. The summed E-state index contributed by atoms with van der Waals surface area (Å²) in [5, 5.41) is 13.0. The summed E-state index contributed by atoms with van der Waals surface area (Å²) < 4.78 is 0. The second kappa shape index (κ2) is 2.66. The Kier molecular flexibility index (Phi) is 1.55. The van der Waals surface area contributed by atoms with Gasteiger partial charge in [-0.2, -0.15) is 0 Å². The molecule has 14 heavy (non-hydrogen) atoms. The highest BCUT2D eigenvalue weighted by atomic mass is 16.3. The Labute approximate surface area is 84.0 Å². The topological polar surface area (TPSA) is 32.3 Å². The van der Waals surface area contributed by atoms with E-state index in [9.17, 15) is 5.11 Å². The van der Waals surface area contributed by atoms with E-state index in [2.05, 4.69) is 5.32 Å². The van der Waals surface area contributed by atoms with Gasteiger partial charge in [-0.05, 0) is 36.6 Å². The first-order valence-electron chi connectivity index (χ1n) is 5.38. The number of hydrogen-bond acceptors (Lipinski definition) is 2. The summed E-state index contributed by atoms with van der Waals surface area (Å²) in [4.78, 5) is 0. The fourth-order valence-electron chi connectivity index (χ4n) is 2.98. The molecule has 1 spiro atoms. The van der Waals surface area contributed by atoms with Gasteiger partial charge < -0.3 is 10.4 Å². The number of benzene rings is 1. The van der Waals surface area contributed by atoms with Crippen molar-refractivity contribution in [2.45, 2.75) is 31.1 Å². The number of rotatable bonds is 0. The molecule has 0 radical (unpaired) electrons. The number of phenolic OH excluding ortho intramolecular Hbond substituents is 1. The number of fused-ring (bicyclic) bond motifs is 2. The number of phenols is 1. The molecule has 74 valence electrons. The van der Waals surface area contributed by atoms with Crippen LogP contribution in [0.2, 0.25) is 0 Å². The highest BCUT2D eigenvalue weighted by Gasteiger charge is 2.41. The normalized spacial score (nSPS) is 22.3. The summed E-state index contributed by atoms with van der Waals surface area (Å²) in [6, 6.07) is 5.71. The van der Waals surface area contributed by atoms with E-state index in [0.29, 0.717) is 11.2 Å². The van der Waals surface area contributed by atoms with Crippen molar-refractivity contribution in [3.63, 3.8) is 0 Å². The lowest BCUT2D eigenvalue weighted by Gasteiger charge is -2.22. The molecule has 1 aliphatic heterocycles. The van der Waals surface area contributed by atoms with Gasteiger partial charge in [0.1, 0.15) is 5.75 Å². The largest absolute Gasteiger partial charge is 0.508 e. The first-order chi connectivity index (χ1) is 6.80. The van der Waals surface area contributed by atoms with Crippen LogP contribution in [0.25, 0.3) is 0 Å². The summed E-state index contributed by atoms with van der Waals surface area (Å²) >= 11 is 0. The Bertz CT molecular complexity index is 367. The minimum absolute atomic E-state index is 0.341. The zero-order valence-electron chi connectivity index (χ0n) is 8.21. The van der Waals surface area contributed by atoms with E-state index >= 15 is 0 Å². The molecular weight excluding hydrogens is 174 g/mol. The monoisotopic (exact) mass is 189 g/mol. The van der Waals surface area contributed by atoms with Crippen LogP contribution in [0.1, 0.15) is 31.2 Å². The molecule has 2 heteroatoms. The molecule has 3 rings (SSSR count). The van der Waals surface area contributed by atoms with Crippen LogP contribution in [0.5, 0.6) is 5.75 Å². The van der Waals surface area contributed by atoms with Crippen molar-refractivity contribution in [2.24, 2.45) is 0 Å². The van der Waals surface area contributed by atoms with Crippen LogP contribution < -0.4 is 5.32 Å². The van der Waals surface area contributed by atoms with Crippen molar-refractivity contribution < 1.29 is 5.11 Å². The second-order valence-electron chi connectivity index (χ2n) is 4.57. The lowest BCUT2D eigenvalue weighted by atomic mass is 9.81. The van der Waals surface area contributed by atoms with Crippen molar-refractivity contribution >= 4 is 5.69 Å². The fraction of sp³-hybridized carbons (Fsp3) is 0.500. The van der Waals surface area contributed by atoms with Crippen molar-refractivity contribution in [3.05, 3.63) is 23.8 Å². The predicted octanol–water partition coefficient (Wildman–Crippen LogP) is 2.63. The number of nitrogens with one attached hydrogen (secondary N) is 1. The Morgan fingerprint density at radius 1 is 1.21 bits per heavy atom. The molecule has 1 fully saturated rings. The Morgan fingerprint density at radius 2 is 2.00 bits per heavy atom. The van der Waals surface area contributed by atoms with Crippen LogP contribution in [-0.2, 0) is 5.41 Å². The molecule has 2 nitrogen and oxygen atoms in total. The highest BCUT2D eigenvalue weighted by molar-refractivity contribution is 5.62. The molecule has 1 heterocycles. The van der Waals surface area contributed by atoms with E-state index < -0.39 is 0 Å². The molecule has 0 amide bonds. The minimum atomic E-state index is 0.341. The standard InChI is InChI=1S/C12H15NO/c14-9-3-4-11-10(7-9)12(8-13-11)5-1-2-6-12/h3-4,7,13-14H,1-2,5-6,8H2. The van der Waals surface area contributed by atoms with E-state index in [0.717, 1.165) is 6.54 Å². The Balaban J connectivity index is 2.12. The van der Waals surface area contributed by atoms with Gasteiger partial charge >= 0.3 is 0 Å². The minimum Gasteiger partial charge on any atom is -0.508 e. The second-order valence-corrected chi connectivity index (χ2v) is 4.57. The maximum Gasteiger partial charge on any atom is 0.116 e. The Hall–Kier alpha value is -1.18. The highest BCUT2D eigenvalue weighted by Crippen LogP contribution is 2.48. The fourth-order valence-corrected chi connectivity index (χ4v) is 2.98. The van der Waals surface area contributed by atoms with Gasteiger partial charge in [-0.1, -0.05) is 12.8 Å². The first-order valence-corrected chi connectivity index (χ1v) is 5.38. The molecule has 1 aromatic carbocycles. The van der Waals surface area contributed by atoms with Gasteiger partial charge in [0, 0.05) is 17.6 Å². The molecule has 0 aromatic heterocycles. The van der Waals surface area contributed by atoms with Crippen LogP contribution in [0.3, 0.4) is 0 Å². The van der Waals surface area contributed by atoms with Crippen molar-refractivity contribution in [3.8, 4) is 5.75 Å². The lowest BCUT2D eigenvalue weighted by molar-refractivity contribution is 0.462. The average Bonchev–Trinajstić information content (AvgIpc) is 2.77. The third-order valence-corrected chi connectivity index (χ3v) is 3.75. The Morgan fingerprint density at radius 3 is 2.79 bits per heavy atom. The molecule has 1 saturated carbocycles. The summed E-state index contributed by atoms with van der Waals surface area (Å²) in [6.45, 7) is 1.06. The molecule has 0 atom stereocenters. The van der Waals surface area contributed by atoms with E-state index in [1.807, 2.05) is 12.1 Å². The molecule has 2 N–H and O–H groups in total. The van der Waals surface area contributed by atoms with Gasteiger partial charge in [0.05, 0.1) is 0 Å². The maximum absolute atomic E-state index is 9.51. The van der Waals surface area contributed by atoms with Gasteiger partial charge in [-0.3, -0.25) is 0 Å². The summed E-state index contributed by atoms with van der Waals surface area (Å²) in [5.41, 5.74) is 2.91. The van der Waals surface area contributed by atoms with Crippen LogP contribution in [0.15, 0.2) is 18.2 Å². The third kappa shape index (κ3) is 0.969. The van der Waals surface area contributed by atoms with Gasteiger partial charge in [-0.25, -0.2) is 0 Å². The van der Waals surface area contributed by atoms with Crippen LogP contribution in [0, 0.1) is 0 Å². The number of anilines is 1. The van der Waals surface area contributed by atoms with E-state index in [1.165, 1.54) is 36.9 Å². The van der Waals surface area contributed by atoms with Crippen LogP contribution in [0.4, 0.5) is 5.69 Å². The molecule has 2 aliphatic rings. The molecule has 0 saturated heterocycles. The van der Waals surface area contributed by atoms with Crippen molar-refractivity contribution in [1.82, 2.24) is 0 Å². The molecular formula is C12H15NO. The molecule has 1 aromatic rings. The van der Waals surface area contributed by atoms with Gasteiger partial charge in [0.15, 0.2) is 0 Å². The summed E-state index contributed by atoms with van der Waals surface area (Å²) in [5.74, 6) is 0.402. The quantitative estimate of drug-likeness (QED) is 0.615. The third-order valence-electron chi connectivity index (χ3n) is 3.75. The predicted molar refractivity (Wildman–Crippen MR) is 56.7 cm³/mol. The van der Waals surface area contributed by atoms with Crippen molar-refractivity contribution in [1.29, 1.82) is 0 Å².